The Hall–Kier alpha value is -0.540. The summed E-state index contributed by atoms with van der Waals surface area (Å²) in [5.74, 6) is 0.818. The van der Waals surface area contributed by atoms with Crippen LogP contribution in [0.25, 0.3) is 0 Å². The molecule has 1 aliphatic rings. The lowest BCUT2D eigenvalue weighted by Gasteiger charge is -2.07. The number of aryl methyl sites for hydroxylation is 2. The minimum Gasteiger partial charge on any atom is -0.316 e. The topological polar surface area (TPSA) is 29.9 Å². The molecule has 3 nitrogen and oxygen atoms in total. The highest BCUT2D eigenvalue weighted by Gasteiger charge is 2.14. The fraction of sp³-hybridized carbons (Fsp3) is 0.700. The van der Waals surface area contributed by atoms with Crippen LogP contribution in [-0.4, -0.2) is 22.9 Å². The quantitative estimate of drug-likeness (QED) is 0.831. The van der Waals surface area contributed by atoms with Crippen LogP contribution < -0.4 is 5.32 Å². The molecule has 14 heavy (non-hydrogen) atoms. The second-order valence-electron chi connectivity index (χ2n) is 3.97. The number of hydrogen-bond donors (Lipinski definition) is 1. The molecule has 1 aromatic rings. The highest BCUT2D eigenvalue weighted by atomic mass is 35.5. The van der Waals surface area contributed by atoms with Gasteiger partial charge in [-0.05, 0) is 38.8 Å². The van der Waals surface area contributed by atoms with E-state index in [0.717, 1.165) is 29.7 Å². The molecule has 1 N–H and O–H groups in total. The minimum atomic E-state index is 0.773. The summed E-state index contributed by atoms with van der Waals surface area (Å²) in [5.41, 5.74) is 0.927. The number of rotatable bonds is 3. The average Bonchev–Trinajstić information content (AvgIpc) is 2.74. The van der Waals surface area contributed by atoms with Crippen molar-refractivity contribution in [2.24, 2.45) is 5.92 Å². The van der Waals surface area contributed by atoms with Gasteiger partial charge < -0.3 is 5.32 Å². The van der Waals surface area contributed by atoms with Crippen LogP contribution in [-0.2, 0) is 6.54 Å². The summed E-state index contributed by atoms with van der Waals surface area (Å²) < 4.78 is 1.95. The summed E-state index contributed by atoms with van der Waals surface area (Å²) in [6, 6.07) is 0. The van der Waals surface area contributed by atoms with E-state index in [1.165, 1.54) is 19.4 Å². The van der Waals surface area contributed by atoms with Crippen LogP contribution in [0, 0.1) is 12.8 Å². The first kappa shape index (κ1) is 9.99. The molecule has 4 heteroatoms. The van der Waals surface area contributed by atoms with Gasteiger partial charge in [0.2, 0.25) is 0 Å². The lowest BCUT2D eigenvalue weighted by molar-refractivity contribution is 0.457. The maximum Gasteiger partial charge on any atom is 0.0814 e. The second kappa shape index (κ2) is 4.32. The summed E-state index contributed by atoms with van der Waals surface area (Å²) in [7, 11) is 0. The molecule has 2 heterocycles. The van der Waals surface area contributed by atoms with E-state index in [1.54, 1.807) is 0 Å². The van der Waals surface area contributed by atoms with E-state index in [0.29, 0.717) is 0 Å². The third-order valence-corrected chi connectivity index (χ3v) is 3.19. The number of aromatic nitrogens is 2. The van der Waals surface area contributed by atoms with Crippen LogP contribution in [0.3, 0.4) is 0 Å². The van der Waals surface area contributed by atoms with Crippen LogP contribution in [0.2, 0.25) is 5.02 Å². The standard InChI is InChI=1S/C10H16ClN3/c1-8-10(11)7-14(13-8)5-3-9-2-4-12-6-9/h7,9,12H,2-6H2,1H3. The van der Waals surface area contributed by atoms with E-state index in [2.05, 4.69) is 10.4 Å². The van der Waals surface area contributed by atoms with Gasteiger partial charge in [0.05, 0.1) is 10.7 Å². The zero-order valence-corrected chi connectivity index (χ0v) is 9.22. The van der Waals surface area contributed by atoms with Crippen molar-refractivity contribution in [1.29, 1.82) is 0 Å². The SMILES string of the molecule is Cc1nn(CCC2CCNC2)cc1Cl. The second-order valence-corrected chi connectivity index (χ2v) is 4.38. The lowest BCUT2D eigenvalue weighted by atomic mass is 10.1. The van der Waals surface area contributed by atoms with Gasteiger partial charge in [-0.25, -0.2) is 0 Å². The predicted molar refractivity (Wildman–Crippen MR) is 57.6 cm³/mol. The Bertz CT molecular complexity index is 283. The highest BCUT2D eigenvalue weighted by molar-refractivity contribution is 6.31. The molecule has 0 aromatic carbocycles. The first-order chi connectivity index (χ1) is 6.75. The molecule has 1 aromatic heterocycles. The molecule has 0 saturated carbocycles. The molecule has 1 aliphatic heterocycles. The fourth-order valence-electron chi connectivity index (χ4n) is 1.88. The Labute approximate surface area is 89.4 Å². The first-order valence-electron chi connectivity index (χ1n) is 5.16. The van der Waals surface area contributed by atoms with Crippen molar-refractivity contribution >= 4 is 11.6 Å². The van der Waals surface area contributed by atoms with E-state index in [9.17, 15) is 0 Å². The van der Waals surface area contributed by atoms with E-state index in [1.807, 2.05) is 17.8 Å². The molecular weight excluding hydrogens is 198 g/mol. The van der Waals surface area contributed by atoms with Gasteiger partial charge in [0, 0.05) is 12.7 Å². The average molecular weight is 214 g/mol. The third kappa shape index (κ3) is 2.28. The monoisotopic (exact) mass is 213 g/mol. The summed E-state index contributed by atoms with van der Waals surface area (Å²) in [4.78, 5) is 0. The van der Waals surface area contributed by atoms with Crippen molar-refractivity contribution in [3.63, 3.8) is 0 Å². The molecule has 1 atom stereocenters. The van der Waals surface area contributed by atoms with Crippen LogP contribution in [0.5, 0.6) is 0 Å². The van der Waals surface area contributed by atoms with E-state index in [-0.39, 0.29) is 0 Å². The van der Waals surface area contributed by atoms with E-state index < -0.39 is 0 Å². The molecule has 1 saturated heterocycles. The normalized spacial score (nSPS) is 21.7. The molecule has 2 rings (SSSR count). The molecule has 0 spiro atoms. The van der Waals surface area contributed by atoms with Crippen molar-refractivity contribution in [3.05, 3.63) is 16.9 Å². The maximum absolute atomic E-state index is 5.93. The first-order valence-corrected chi connectivity index (χ1v) is 5.54. The van der Waals surface area contributed by atoms with Gasteiger partial charge in [-0.3, -0.25) is 4.68 Å². The Morgan fingerprint density at radius 1 is 1.71 bits per heavy atom. The van der Waals surface area contributed by atoms with Crippen molar-refractivity contribution in [1.82, 2.24) is 15.1 Å². The summed E-state index contributed by atoms with van der Waals surface area (Å²) >= 11 is 5.93. The van der Waals surface area contributed by atoms with Crippen molar-refractivity contribution < 1.29 is 0 Å². The fourth-order valence-corrected chi connectivity index (χ4v) is 2.03. The van der Waals surface area contributed by atoms with Gasteiger partial charge in [0.25, 0.3) is 0 Å². The Kier molecular flexibility index (Phi) is 3.08. The number of nitrogens with zero attached hydrogens (tertiary/aromatic N) is 2. The molecule has 0 radical (unpaired) electrons. The summed E-state index contributed by atoms with van der Waals surface area (Å²) in [5, 5.41) is 8.48. The Balaban J connectivity index is 1.85. The van der Waals surface area contributed by atoms with Crippen LogP contribution >= 0.6 is 11.6 Å². The van der Waals surface area contributed by atoms with Gasteiger partial charge >= 0.3 is 0 Å². The van der Waals surface area contributed by atoms with E-state index in [4.69, 9.17) is 11.6 Å². The van der Waals surface area contributed by atoms with Gasteiger partial charge in [-0.2, -0.15) is 5.10 Å². The van der Waals surface area contributed by atoms with Crippen molar-refractivity contribution in [2.45, 2.75) is 26.3 Å². The molecule has 1 unspecified atom stereocenters. The van der Waals surface area contributed by atoms with Crippen LogP contribution in [0.1, 0.15) is 18.5 Å². The van der Waals surface area contributed by atoms with Crippen LogP contribution in [0.4, 0.5) is 0 Å². The van der Waals surface area contributed by atoms with Crippen molar-refractivity contribution in [3.8, 4) is 0 Å². The molecule has 1 fully saturated rings. The van der Waals surface area contributed by atoms with Gasteiger partial charge in [0.1, 0.15) is 0 Å². The Morgan fingerprint density at radius 3 is 3.14 bits per heavy atom. The Morgan fingerprint density at radius 2 is 2.57 bits per heavy atom. The van der Waals surface area contributed by atoms with Crippen molar-refractivity contribution in [2.75, 3.05) is 13.1 Å². The molecular formula is C10H16ClN3. The lowest BCUT2D eigenvalue weighted by Crippen LogP contribution is -2.11. The zero-order chi connectivity index (χ0) is 9.97. The molecule has 78 valence electrons. The van der Waals surface area contributed by atoms with Gasteiger partial charge in [0.15, 0.2) is 0 Å². The molecule has 0 aliphatic carbocycles. The van der Waals surface area contributed by atoms with Gasteiger partial charge in [-0.1, -0.05) is 11.6 Å². The predicted octanol–water partition coefficient (Wildman–Crippen LogP) is 1.84. The van der Waals surface area contributed by atoms with Gasteiger partial charge in [-0.15, -0.1) is 0 Å². The molecule has 0 amide bonds. The smallest absolute Gasteiger partial charge is 0.0814 e. The summed E-state index contributed by atoms with van der Waals surface area (Å²) in [6.07, 6.45) is 4.41. The summed E-state index contributed by atoms with van der Waals surface area (Å²) in [6.45, 7) is 5.26. The molecule has 0 bridgehead atoms. The largest absolute Gasteiger partial charge is 0.316 e. The van der Waals surface area contributed by atoms with Crippen LogP contribution in [0.15, 0.2) is 6.20 Å². The minimum absolute atomic E-state index is 0.773. The zero-order valence-electron chi connectivity index (χ0n) is 8.46. The third-order valence-electron chi connectivity index (χ3n) is 2.82. The number of halogens is 1. The number of hydrogen-bond acceptors (Lipinski definition) is 2. The number of nitrogens with one attached hydrogen (secondary N) is 1. The van der Waals surface area contributed by atoms with E-state index >= 15 is 0 Å². The maximum atomic E-state index is 5.93. The highest BCUT2D eigenvalue weighted by Crippen LogP contribution is 2.16.